The van der Waals surface area contributed by atoms with E-state index in [-0.39, 0.29) is 6.17 Å². The van der Waals surface area contributed by atoms with Crippen molar-refractivity contribution in [3.63, 3.8) is 0 Å². The van der Waals surface area contributed by atoms with Crippen LogP contribution < -0.4 is 14.7 Å². The van der Waals surface area contributed by atoms with Gasteiger partial charge in [-0.1, -0.05) is 55.5 Å². The summed E-state index contributed by atoms with van der Waals surface area (Å²) in [5.74, 6) is 3.60. The molecule has 0 aliphatic carbocycles. The summed E-state index contributed by atoms with van der Waals surface area (Å²) in [5, 5.41) is 0. The van der Waals surface area contributed by atoms with E-state index in [4.69, 9.17) is 29.9 Å². The van der Waals surface area contributed by atoms with Crippen LogP contribution in [0.4, 0.5) is 34.6 Å². The highest BCUT2D eigenvalue weighted by atomic mass is 15.3. The topological polar surface area (TPSA) is 86.0 Å². The number of aromatic nitrogens is 4. The molecular formula is C31H29N9. The van der Waals surface area contributed by atoms with Crippen molar-refractivity contribution >= 4 is 46.8 Å². The molecule has 4 heterocycles. The van der Waals surface area contributed by atoms with Gasteiger partial charge in [-0.2, -0.15) is 0 Å². The quantitative estimate of drug-likeness (QED) is 0.266. The van der Waals surface area contributed by atoms with Gasteiger partial charge in [0.15, 0.2) is 0 Å². The first kappa shape index (κ1) is 25.1. The molecule has 2 aliphatic heterocycles. The molecule has 0 N–H and O–H groups in total. The lowest BCUT2D eigenvalue weighted by Gasteiger charge is -2.36. The summed E-state index contributed by atoms with van der Waals surface area (Å²) in [4.78, 5) is 34.7. The molecule has 9 nitrogen and oxygen atoms in total. The first-order valence-electron chi connectivity index (χ1n) is 13.3. The molecule has 1 atom stereocenters. The summed E-state index contributed by atoms with van der Waals surface area (Å²) in [5.41, 5.74) is 2.87. The van der Waals surface area contributed by atoms with Crippen LogP contribution in [-0.2, 0) is 0 Å². The van der Waals surface area contributed by atoms with Gasteiger partial charge in [0.25, 0.3) is 0 Å². The van der Waals surface area contributed by atoms with Crippen LogP contribution in [0.2, 0.25) is 0 Å². The second-order valence-corrected chi connectivity index (χ2v) is 9.21. The molecule has 0 spiro atoms. The molecule has 2 aromatic heterocycles. The fourth-order valence-electron chi connectivity index (χ4n) is 4.96. The van der Waals surface area contributed by atoms with Gasteiger partial charge in [0.05, 0.1) is 0 Å². The number of nitrogens with zero attached hydrogens (tertiary/aromatic N) is 9. The molecule has 0 fully saturated rings. The fraction of sp³-hybridized carbons (Fsp3) is 0.161. The van der Waals surface area contributed by atoms with Crippen molar-refractivity contribution in [2.45, 2.75) is 32.9 Å². The second kappa shape index (κ2) is 11.3. The Balaban J connectivity index is 1.63. The van der Waals surface area contributed by atoms with Crippen molar-refractivity contribution in [1.29, 1.82) is 0 Å². The predicted molar refractivity (Wildman–Crippen MR) is 161 cm³/mol. The lowest BCUT2D eigenvalue weighted by Crippen LogP contribution is -2.41. The fourth-order valence-corrected chi connectivity index (χ4v) is 4.96. The summed E-state index contributed by atoms with van der Waals surface area (Å²) in [7, 11) is 0. The van der Waals surface area contributed by atoms with Gasteiger partial charge in [0.1, 0.15) is 54.3 Å². The molecule has 2 aliphatic rings. The molecule has 0 saturated carbocycles. The summed E-state index contributed by atoms with van der Waals surface area (Å²) in [6, 6.07) is 24.1. The minimum Gasteiger partial charge on any atom is -0.303 e. The number of para-hydroxylation sites is 2. The number of amidine groups is 1. The van der Waals surface area contributed by atoms with Crippen molar-refractivity contribution in [2.24, 2.45) is 9.98 Å². The van der Waals surface area contributed by atoms with Crippen LogP contribution in [-0.4, -0.2) is 38.3 Å². The van der Waals surface area contributed by atoms with Crippen LogP contribution in [0.25, 0.3) is 0 Å². The van der Waals surface area contributed by atoms with Gasteiger partial charge in [0, 0.05) is 35.6 Å². The van der Waals surface area contributed by atoms with Crippen LogP contribution in [0.1, 0.15) is 26.7 Å². The predicted octanol–water partition coefficient (Wildman–Crippen LogP) is 6.72. The minimum absolute atomic E-state index is 0.290. The van der Waals surface area contributed by atoms with Crippen molar-refractivity contribution in [1.82, 2.24) is 19.9 Å². The standard InChI is InChI=1S/C31H29N9/c1-3-11-23(12-4-2)38-26-17-28(34-20-32-26)39(24-13-7-5-8-14-24)30-19-31(37-22-36-30)40(25-15-9-6-10-16-25)29-18-27(38)33-21-35-29/h3,5-17,19-22,27H,4,18H2,1-2H3. The highest BCUT2D eigenvalue weighted by Gasteiger charge is 2.31. The highest BCUT2D eigenvalue weighted by Crippen LogP contribution is 2.38. The zero-order valence-electron chi connectivity index (χ0n) is 22.4. The van der Waals surface area contributed by atoms with E-state index in [9.17, 15) is 0 Å². The van der Waals surface area contributed by atoms with E-state index in [2.05, 4.69) is 41.0 Å². The summed E-state index contributed by atoms with van der Waals surface area (Å²) in [6.45, 7) is 4.14. The van der Waals surface area contributed by atoms with Crippen LogP contribution >= 0.6 is 0 Å². The molecule has 9 heteroatoms. The van der Waals surface area contributed by atoms with Gasteiger partial charge in [-0.3, -0.25) is 9.80 Å². The number of anilines is 6. The van der Waals surface area contributed by atoms with E-state index in [0.29, 0.717) is 23.9 Å². The van der Waals surface area contributed by atoms with Crippen molar-refractivity contribution in [3.8, 4) is 0 Å². The monoisotopic (exact) mass is 527 g/mol. The van der Waals surface area contributed by atoms with Crippen molar-refractivity contribution in [3.05, 3.63) is 109 Å². The normalized spacial score (nSPS) is 16.9. The molecule has 1 unspecified atom stereocenters. The number of hydrogen-bond acceptors (Lipinski definition) is 9. The Morgan fingerprint density at radius 3 is 2.00 bits per heavy atom. The third kappa shape index (κ3) is 4.84. The van der Waals surface area contributed by atoms with Gasteiger partial charge < -0.3 is 4.90 Å². The Hall–Kier alpha value is -5.18. The Morgan fingerprint density at radius 1 is 0.800 bits per heavy atom. The largest absolute Gasteiger partial charge is 0.303 e. The molecule has 6 rings (SSSR count). The number of allylic oxidation sites excluding steroid dienone is 3. The molecule has 4 aromatic rings. The van der Waals surface area contributed by atoms with E-state index < -0.39 is 0 Å². The lowest BCUT2D eigenvalue weighted by atomic mass is 10.1. The van der Waals surface area contributed by atoms with Gasteiger partial charge in [-0.25, -0.2) is 29.9 Å². The number of rotatable bonds is 5. The van der Waals surface area contributed by atoms with Crippen molar-refractivity contribution in [2.75, 3.05) is 14.7 Å². The SMILES string of the molecule is CC=CC(=CCC)N1c2cc(ncn2)N(c2ccccc2)c2cc(ncn2)N(c2ccccc2)C2=NC=NC1C2. The molecule has 0 amide bonds. The molecule has 40 heavy (non-hydrogen) atoms. The zero-order chi connectivity index (χ0) is 27.3. The first-order chi connectivity index (χ1) is 19.8. The first-order valence-corrected chi connectivity index (χ1v) is 13.3. The van der Waals surface area contributed by atoms with Gasteiger partial charge in [-0.05, 0) is 43.7 Å². The molecule has 6 bridgehead atoms. The van der Waals surface area contributed by atoms with Gasteiger partial charge in [-0.15, -0.1) is 0 Å². The minimum atomic E-state index is -0.290. The zero-order valence-corrected chi connectivity index (χ0v) is 22.4. The van der Waals surface area contributed by atoms with E-state index in [0.717, 1.165) is 35.1 Å². The van der Waals surface area contributed by atoms with Crippen LogP contribution in [0.3, 0.4) is 0 Å². The Morgan fingerprint density at radius 2 is 1.38 bits per heavy atom. The van der Waals surface area contributed by atoms with E-state index in [1.165, 1.54) is 0 Å². The molecule has 198 valence electrons. The molecule has 2 aromatic carbocycles. The van der Waals surface area contributed by atoms with Crippen LogP contribution in [0.5, 0.6) is 0 Å². The number of hydrogen-bond donors (Lipinski definition) is 0. The van der Waals surface area contributed by atoms with Crippen molar-refractivity contribution < 1.29 is 0 Å². The summed E-state index contributed by atoms with van der Waals surface area (Å²) in [6.07, 6.45) is 12.2. The summed E-state index contributed by atoms with van der Waals surface area (Å²) >= 11 is 0. The third-order valence-electron chi connectivity index (χ3n) is 6.63. The molecule has 0 radical (unpaired) electrons. The Bertz CT molecular complexity index is 1600. The maximum atomic E-state index is 4.84. The van der Waals surface area contributed by atoms with Crippen LogP contribution in [0, 0.1) is 0 Å². The summed E-state index contributed by atoms with van der Waals surface area (Å²) < 4.78 is 0. The molecule has 0 saturated heterocycles. The lowest BCUT2D eigenvalue weighted by molar-refractivity contribution is 0.673. The Kier molecular flexibility index (Phi) is 7.09. The number of aliphatic imine (C=N–C) groups is 2. The van der Waals surface area contributed by atoms with Crippen LogP contribution in [0.15, 0.2) is 119 Å². The van der Waals surface area contributed by atoms with E-state index in [1.54, 1.807) is 19.0 Å². The maximum absolute atomic E-state index is 4.84. The average molecular weight is 528 g/mol. The number of fused-ring (bicyclic) bond motifs is 6. The molecular weight excluding hydrogens is 498 g/mol. The van der Waals surface area contributed by atoms with Gasteiger partial charge >= 0.3 is 0 Å². The smallest absolute Gasteiger partial charge is 0.144 e. The second-order valence-electron chi connectivity index (χ2n) is 9.21. The third-order valence-corrected chi connectivity index (χ3v) is 6.63. The average Bonchev–Trinajstić information content (AvgIpc) is 2.99. The van der Waals surface area contributed by atoms with E-state index in [1.807, 2.05) is 78.6 Å². The number of benzene rings is 2. The van der Waals surface area contributed by atoms with E-state index >= 15 is 0 Å². The highest BCUT2D eigenvalue weighted by molar-refractivity contribution is 6.07. The van der Waals surface area contributed by atoms with Gasteiger partial charge in [0.2, 0.25) is 0 Å². The maximum Gasteiger partial charge on any atom is 0.144 e. The Labute approximate surface area is 233 Å².